The molecule has 2 aliphatic carbocycles. The third-order valence-electron chi connectivity index (χ3n) is 10.3. The Hall–Kier alpha value is -2.38. The Morgan fingerprint density at radius 3 is 1.37 bits per heavy atom. The van der Waals surface area contributed by atoms with Crippen LogP contribution in [0.3, 0.4) is 0 Å². The first-order chi connectivity index (χ1) is 20.0. The van der Waals surface area contributed by atoms with E-state index in [1.807, 2.05) is 0 Å². The van der Waals surface area contributed by atoms with Gasteiger partial charge in [-0.1, -0.05) is 24.3 Å². The number of thioether (sulfide) groups is 2. The molecule has 2 atom stereocenters. The number of piperazine rings is 2. The zero-order valence-corrected chi connectivity index (χ0v) is 25.9. The molecule has 0 spiro atoms. The molecule has 0 radical (unpaired) electrons. The van der Waals surface area contributed by atoms with Crippen LogP contribution >= 0.6 is 23.5 Å². The lowest BCUT2D eigenvalue weighted by Gasteiger charge is -2.47. The Labute approximate surface area is 253 Å². The van der Waals surface area contributed by atoms with E-state index in [0.29, 0.717) is 0 Å². The largest absolute Gasteiger partial charge is 0.369 e. The maximum Gasteiger partial charge on any atom is 0.0618 e. The Morgan fingerprint density at radius 1 is 0.585 bits per heavy atom. The van der Waals surface area contributed by atoms with Crippen LogP contribution in [0.5, 0.6) is 0 Å². The number of benzene rings is 2. The van der Waals surface area contributed by atoms with E-state index in [4.69, 9.17) is 0 Å². The summed E-state index contributed by atoms with van der Waals surface area (Å²) in [4.78, 5) is 7.88. The fraction of sp³-hybridized carbons (Fsp3) is 0.429. The van der Waals surface area contributed by atoms with E-state index in [-0.39, 0.29) is 9.49 Å². The zero-order chi connectivity index (χ0) is 27.6. The van der Waals surface area contributed by atoms with Crippen LogP contribution in [0, 0.1) is 0 Å². The molecule has 0 bridgehead atoms. The van der Waals surface area contributed by atoms with Gasteiger partial charge >= 0.3 is 0 Å². The molecular weight excluding hydrogens is 541 g/mol. The standard InChI is InChI=1S/C35H40N4S2/c1-34-30(22-32(40-34)24-6-10-26(11-7-24)38-18-14-36-15-19-38)28-4-3-5-29(28)31-23-33(41-35(31,34)2)25-8-12-27(13-9-25)39-20-16-37-17-21-39/h6-13,22-23,36-37H,3-5,14-21H2,1-2H3/t34-,35-/m0/s1. The Bertz CT molecular complexity index is 1380. The summed E-state index contributed by atoms with van der Waals surface area (Å²) < 4.78 is 0.0312. The van der Waals surface area contributed by atoms with Crippen molar-refractivity contribution < 1.29 is 0 Å². The van der Waals surface area contributed by atoms with Gasteiger partial charge in [-0.2, -0.15) is 0 Å². The maximum atomic E-state index is 3.47. The Balaban J connectivity index is 1.10. The summed E-state index contributed by atoms with van der Waals surface area (Å²) in [5.74, 6) is 0. The highest BCUT2D eigenvalue weighted by Gasteiger charge is 2.59. The molecule has 212 valence electrons. The maximum absolute atomic E-state index is 3.47. The molecule has 4 aliphatic heterocycles. The van der Waals surface area contributed by atoms with Gasteiger partial charge in [0.15, 0.2) is 0 Å². The van der Waals surface area contributed by atoms with E-state index in [0.717, 1.165) is 52.4 Å². The molecule has 2 aromatic carbocycles. The summed E-state index contributed by atoms with van der Waals surface area (Å²) in [6, 6.07) is 18.8. The number of hydrogen-bond acceptors (Lipinski definition) is 6. The minimum Gasteiger partial charge on any atom is -0.369 e. The van der Waals surface area contributed by atoms with Crippen molar-refractivity contribution >= 4 is 44.7 Å². The van der Waals surface area contributed by atoms with Crippen LogP contribution in [0.15, 0.2) is 83.0 Å². The van der Waals surface area contributed by atoms with Gasteiger partial charge in [-0.15, -0.1) is 23.5 Å². The number of allylic oxidation sites excluding steroid dienone is 4. The molecule has 8 rings (SSSR count). The molecule has 4 heterocycles. The van der Waals surface area contributed by atoms with E-state index < -0.39 is 0 Å². The normalized spacial score (nSPS) is 29.4. The second kappa shape index (κ2) is 10.1. The SMILES string of the molecule is C[C@]12SC(c3ccc(N4CCNCC4)cc3)=CC1=C1CCCC1=C1C=C(c3ccc(N4CCNCC4)cc3)S[C@@]12C. The molecule has 0 unspecified atom stereocenters. The second-order valence-electron chi connectivity index (χ2n) is 12.5. The lowest BCUT2D eigenvalue weighted by atomic mass is 9.72. The minimum atomic E-state index is 0.0156. The second-order valence-corrected chi connectivity index (χ2v) is 15.4. The molecule has 2 N–H and O–H groups in total. The molecule has 2 saturated heterocycles. The fourth-order valence-electron chi connectivity index (χ4n) is 7.75. The van der Waals surface area contributed by atoms with Crippen LogP contribution in [-0.4, -0.2) is 61.9 Å². The van der Waals surface area contributed by atoms with Gasteiger partial charge in [0.2, 0.25) is 0 Å². The monoisotopic (exact) mass is 580 g/mol. The number of nitrogens with one attached hydrogen (secondary N) is 2. The van der Waals surface area contributed by atoms with Crippen LogP contribution in [0.2, 0.25) is 0 Å². The predicted octanol–water partition coefficient (Wildman–Crippen LogP) is 6.69. The number of rotatable bonds is 4. The first-order valence-electron chi connectivity index (χ1n) is 15.4. The number of anilines is 2. The fourth-order valence-corrected chi connectivity index (χ4v) is 10.9. The molecule has 3 fully saturated rings. The third kappa shape index (κ3) is 4.20. The van der Waals surface area contributed by atoms with Crippen LogP contribution in [0.4, 0.5) is 11.4 Å². The zero-order valence-electron chi connectivity index (χ0n) is 24.3. The van der Waals surface area contributed by atoms with Gasteiger partial charge in [0.25, 0.3) is 0 Å². The topological polar surface area (TPSA) is 30.5 Å². The smallest absolute Gasteiger partial charge is 0.0618 e. The highest BCUT2D eigenvalue weighted by Crippen LogP contribution is 2.70. The van der Waals surface area contributed by atoms with Crippen molar-refractivity contribution in [2.45, 2.75) is 42.6 Å². The summed E-state index contributed by atoms with van der Waals surface area (Å²) in [6.07, 6.45) is 8.85. The molecule has 6 aliphatic rings. The summed E-state index contributed by atoms with van der Waals surface area (Å²) in [6.45, 7) is 13.7. The number of hydrogen-bond donors (Lipinski definition) is 2. The van der Waals surface area contributed by atoms with Crippen molar-refractivity contribution in [3.63, 3.8) is 0 Å². The molecule has 2 aromatic rings. The molecule has 0 aromatic heterocycles. The first kappa shape index (κ1) is 26.3. The predicted molar refractivity (Wildman–Crippen MR) is 179 cm³/mol. The highest BCUT2D eigenvalue weighted by atomic mass is 32.2. The van der Waals surface area contributed by atoms with Crippen molar-refractivity contribution in [3.8, 4) is 0 Å². The van der Waals surface area contributed by atoms with Crippen molar-refractivity contribution in [1.29, 1.82) is 0 Å². The van der Waals surface area contributed by atoms with E-state index in [1.54, 1.807) is 22.3 Å². The molecule has 41 heavy (non-hydrogen) atoms. The van der Waals surface area contributed by atoms with E-state index >= 15 is 0 Å². The van der Waals surface area contributed by atoms with Gasteiger partial charge < -0.3 is 20.4 Å². The first-order valence-corrected chi connectivity index (χ1v) is 17.1. The Kier molecular flexibility index (Phi) is 6.48. The Morgan fingerprint density at radius 2 is 0.976 bits per heavy atom. The van der Waals surface area contributed by atoms with Crippen LogP contribution in [0.25, 0.3) is 9.81 Å². The van der Waals surface area contributed by atoms with Crippen LogP contribution in [-0.2, 0) is 0 Å². The van der Waals surface area contributed by atoms with Gasteiger partial charge in [0.05, 0.1) is 9.49 Å². The molecule has 6 heteroatoms. The average molecular weight is 581 g/mol. The molecule has 1 saturated carbocycles. The lowest BCUT2D eigenvalue weighted by Crippen LogP contribution is -2.47. The number of fused-ring (bicyclic) bond motifs is 4. The summed E-state index contributed by atoms with van der Waals surface area (Å²) >= 11 is 4.23. The van der Waals surface area contributed by atoms with Gasteiger partial charge in [0.1, 0.15) is 0 Å². The summed E-state index contributed by atoms with van der Waals surface area (Å²) in [5.41, 5.74) is 11.9. The average Bonchev–Trinajstić information content (AvgIpc) is 3.74. The minimum absolute atomic E-state index is 0.0156. The van der Waals surface area contributed by atoms with Crippen molar-refractivity contribution in [2.24, 2.45) is 0 Å². The van der Waals surface area contributed by atoms with Gasteiger partial charge in [-0.3, -0.25) is 0 Å². The van der Waals surface area contributed by atoms with Crippen LogP contribution < -0.4 is 20.4 Å². The van der Waals surface area contributed by atoms with Crippen molar-refractivity contribution in [2.75, 3.05) is 62.2 Å². The molecular formula is C35H40N4S2. The van der Waals surface area contributed by atoms with Crippen molar-refractivity contribution in [1.82, 2.24) is 10.6 Å². The quantitative estimate of drug-likeness (QED) is 0.419. The summed E-state index contributed by atoms with van der Waals surface area (Å²) in [7, 11) is 0. The highest BCUT2D eigenvalue weighted by molar-refractivity contribution is 8.14. The summed E-state index contributed by atoms with van der Waals surface area (Å²) in [5, 5.41) is 6.94. The molecule has 4 nitrogen and oxygen atoms in total. The van der Waals surface area contributed by atoms with Crippen LogP contribution in [0.1, 0.15) is 44.2 Å². The van der Waals surface area contributed by atoms with Gasteiger partial charge in [-0.05, 0) is 103 Å². The number of nitrogens with zero attached hydrogens (tertiary/aromatic N) is 2. The third-order valence-corrected chi connectivity index (χ3v) is 13.6. The van der Waals surface area contributed by atoms with Crippen molar-refractivity contribution in [3.05, 3.63) is 94.1 Å². The van der Waals surface area contributed by atoms with Gasteiger partial charge in [-0.25, -0.2) is 0 Å². The van der Waals surface area contributed by atoms with Gasteiger partial charge in [0, 0.05) is 73.5 Å². The van der Waals surface area contributed by atoms with E-state index in [1.165, 1.54) is 51.6 Å². The van der Waals surface area contributed by atoms with E-state index in [9.17, 15) is 0 Å². The van der Waals surface area contributed by atoms with E-state index in [2.05, 4.69) is 118 Å². The molecule has 0 amide bonds. The lowest BCUT2D eigenvalue weighted by molar-refractivity contribution is 0.589.